The first-order chi connectivity index (χ1) is 9.70. The fourth-order valence-corrected chi connectivity index (χ4v) is 3.16. The molecule has 20 heavy (non-hydrogen) atoms. The van der Waals surface area contributed by atoms with E-state index in [-0.39, 0.29) is 11.8 Å². The molecule has 0 saturated heterocycles. The van der Waals surface area contributed by atoms with Crippen molar-refractivity contribution in [3.8, 4) is 0 Å². The number of nitrogens with two attached hydrogens (primary N) is 1. The molecule has 0 aliphatic heterocycles. The van der Waals surface area contributed by atoms with Gasteiger partial charge in [0.05, 0.1) is 0 Å². The lowest BCUT2D eigenvalue weighted by atomic mass is 9.78. The summed E-state index contributed by atoms with van der Waals surface area (Å²) >= 11 is 0. The largest absolute Gasteiger partial charge is 0.369 e. The lowest BCUT2D eigenvalue weighted by molar-refractivity contribution is -0.124. The summed E-state index contributed by atoms with van der Waals surface area (Å²) in [6.07, 6.45) is 1.76. The van der Waals surface area contributed by atoms with Crippen LogP contribution in [0, 0.1) is 5.92 Å². The molecule has 0 spiro atoms. The van der Waals surface area contributed by atoms with E-state index in [4.69, 9.17) is 5.73 Å². The Balaban J connectivity index is 1.91. The SMILES string of the molecule is CCN(c1cccc2ccccc12)C1CC(C(N)=O)C1. The van der Waals surface area contributed by atoms with Crippen molar-refractivity contribution in [1.82, 2.24) is 0 Å². The number of carbonyl (C=O) groups is 1. The van der Waals surface area contributed by atoms with Gasteiger partial charge < -0.3 is 10.6 Å². The predicted octanol–water partition coefficient (Wildman–Crippen LogP) is 2.93. The molecular formula is C17H20N2O. The minimum Gasteiger partial charge on any atom is -0.369 e. The molecule has 0 radical (unpaired) electrons. The molecule has 104 valence electrons. The van der Waals surface area contributed by atoms with Crippen molar-refractivity contribution in [2.45, 2.75) is 25.8 Å². The van der Waals surface area contributed by atoms with Crippen LogP contribution in [-0.4, -0.2) is 18.5 Å². The van der Waals surface area contributed by atoms with Crippen LogP contribution in [0.3, 0.4) is 0 Å². The molecule has 1 amide bonds. The van der Waals surface area contributed by atoms with Gasteiger partial charge in [-0.1, -0.05) is 36.4 Å². The molecule has 1 fully saturated rings. The summed E-state index contributed by atoms with van der Waals surface area (Å²) < 4.78 is 0. The molecule has 0 unspecified atom stereocenters. The Bertz CT molecular complexity index is 626. The lowest BCUT2D eigenvalue weighted by Gasteiger charge is -2.43. The van der Waals surface area contributed by atoms with E-state index in [1.54, 1.807) is 0 Å². The normalized spacial score (nSPS) is 21.4. The van der Waals surface area contributed by atoms with Crippen molar-refractivity contribution < 1.29 is 4.79 Å². The fraction of sp³-hybridized carbons (Fsp3) is 0.353. The number of amides is 1. The number of hydrogen-bond acceptors (Lipinski definition) is 2. The van der Waals surface area contributed by atoms with Crippen molar-refractivity contribution in [3.05, 3.63) is 42.5 Å². The Morgan fingerprint density at radius 1 is 1.20 bits per heavy atom. The number of carbonyl (C=O) groups excluding carboxylic acids is 1. The summed E-state index contributed by atoms with van der Waals surface area (Å²) in [5.74, 6) is -0.0979. The average molecular weight is 268 g/mol. The quantitative estimate of drug-likeness (QED) is 0.926. The highest BCUT2D eigenvalue weighted by Gasteiger charge is 2.36. The maximum Gasteiger partial charge on any atom is 0.220 e. The highest BCUT2D eigenvalue weighted by molar-refractivity contribution is 5.94. The Kier molecular flexibility index (Phi) is 3.35. The van der Waals surface area contributed by atoms with Crippen molar-refractivity contribution in [2.24, 2.45) is 11.7 Å². The topological polar surface area (TPSA) is 46.3 Å². The molecule has 2 N–H and O–H groups in total. The Morgan fingerprint density at radius 2 is 1.90 bits per heavy atom. The van der Waals surface area contributed by atoms with Gasteiger partial charge in [-0.3, -0.25) is 4.79 Å². The number of primary amides is 1. The third kappa shape index (κ3) is 2.13. The number of rotatable bonds is 4. The molecule has 0 bridgehead atoms. The molecule has 1 saturated carbocycles. The maximum atomic E-state index is 11.2. The smallest absolute Gasteiger partial charge is 0.220 e. The second-order valence-electron chi connectivity index (χ2n) is 5.51. The molecule has 0 aromatic heterocycles. The van der Waals surface area contributed by atoms with Gasteiger partial charge in [-0.2, -0.15) is 0 Å². The Labute approximate surface area is 119 Å². The summed E-state index contributed by atoms with van der Waals surface area (Å²) in [7, 11) is 0. The van der Waals surface area contributed by atoms with Gasteiger partial charge >= 0.3 is 0 Å². The summed E-state index contributed by atoms with van der Waals surface area (Å²) in [5.41, 5.74) is 6.64. The fourth-order valence-electron chi connectivity index (χ4n) is 3.16. The van der Waals surface area contributed by atoms with Crippen LogP contribution < -0.4 is 10.6 Å². The maximum absolute atomic E-state index is 11.2. The molecule has 1 aliphatic carbocycles. The van der Waals surface area contributed by atoms with Gasteiger partial charge in [-0.25, -0.2) is 0 Å². The molecular weight excluding hydrogens is 248 g/mol. The zero-order valence-electron chi connectivity index (χ0n) is 11.8. The van der Waals surface area contributed by atoms with Crippen molar-refractivity contribution in [1.29, 1.82) is 0 Å². The van der Waals surface area contributed by atoms with E-state index >= 15 is 0 Å². The van der Waals surface area contributed by atoms with Crippen LogP contribution in [0.5, 0.6) is 0 Å². The number of benzene rings is 2. The van der Waals surface area contributed by atoms with Gasteiger partial charge in [-0.05, 0) is 31.2 Å². The zero-order chi connectivity index (χ0) is 14.1. The van der Waals surface area contributed by atoms with Crippen LogP contribution in [0.25, 0.3) is 10.8 Å². The first-order valence-corrected chi connectivity index (χ1v) is 7.24. The van der Waals surface area contributed by atoms with E-state index in [0.29, 0.717) is 6.04 Å². The van der Waals surface area contributed by atoms with Crippen LogP contribution in [0.15, 0.2) is 42.5 Å². The number of fused-ring (bicyclic) bond motifs is 1. The molecule has 3 heteroatoms. The van der Waals surface area contributed by atoms with Gasteiger partial charge in [0.2, 0.25) is 5.91 Å². The third-order valence-corrected chi connectivity index (χ3v) is 4.37. The minimum absolute atomic E-state index is 0.0593. The van der Waals surface area contributed by atoms with E-state index in [1.165, 1.54) is 16.5 Å². The number of hydrogen-bond donors (Lipinski definition) is 1. The average Bonchev–Trinajstić information content (AvgIpc) is 2.41. The highest BCUT2D eigenvalue weighted by Crippen LogP contribution is 2.37. The molecule has 0 atom stereocenters. The van der Waals surface area contributed by atoms with Crippen LogP contribution in [-0.2, 0) is 4.79 Å². The van der Waals surface area contributed by atoms with Gasteiger partial charge in [0.25, 0.3) is 0 Å². The molecule has 3 rings (SSSR count). The monoisotopic (exact) mass is 268 g/mol. The van der Waals surface area contributed by atoms with Crippen molar-refractivity contribution in [2.75, 3.05) is 11.4 Å². The molecule has 1 aliphatic rings. The van der Waals surface area contributed by atoms with Crippen LogP contribution in [0.4, 0.5) is 5.69 Å². The van der Waals surface area contributed by atoms with Gasteiger partial charge in [0.15, 0.2) is 0 Å². The lowest BCUT2D eigenvalue weighted by Crippen LogP contribution is -2.48. The molecule has 3 nitrogen and oxygen atoms in total. The first-order valence-electron chi connectivity index (χ1n) is 7.24. The molecule has 0 heterocycles. The summed E-state index contributed by atoms with van der Waals surface area (Å²) in [4.78, 5) is 13.6. The van der Waals surface area contributed by atoms with Gasteiger partial charge in [-0.15, -0.1) is 0 Å². The first kappa shape index (κ1) is 13.0. The summed E-state index contributed by atoms with van der Waals surface area (Å²) in [6.45, 7) is 3.11. The molecule has 2 aromatic carbocycles. The van der Waals surface area contributed by atoms with Crippen LogP contribution >= 0.6 is 0 Å². The molecule has 2 aromatic rings. The highest BCUT2D eigenvalue weighted by atomic mass is 16.1. The van der Waals surface area contributed by atoms with Gasteiger partial charge in [0.1, 0.15) is 0 Å². The zero-order valence-corrected chi connectivity index (χ0v) is 11.8. The van der Waals surface area contributed by atoms with Crippen LogP contribution in [0.2, 0.25) is 0 Å². The van der Waals surface area contributed by atoms with E-state index in [1.807, 2.05) is 0 Å². The van der Waals surface area contributed by atoms with E-state index in [2.05, 4.69) is 54.3 Å². The predicted molar refractivity (Wildman–Crippen MR) is 82.7 cm³/mol. The third-order valence-electron chi connectivity index (χ3n) is 4.37. The van der Waals surface area contributed by atoms with Crippen molar-refractivity contribution in [3.63, 3.8) is 0 Å². The summed E-state index contributed by atoms with van der Waals surface area (Å²) in [5, 5.41) is 2.54. The Morgan fingerprint density at radius 3 is 2.60 bits per heavy atom. The Hall–Kier alpha value is -2.03. The van der Waals surface area contributed by atoms with Crippen molar-refractivity contribution >= 4 is 22.4 Å². The number of nitrogens with zero attached hydrogens (tertiary/aromatic N) is 1. The van der Waals surface area contributed by atoms with E-state index in [0.717, 1.165) is 19.4 Å². The second kappa shape index (κ2) is 5.16. The van der Waals surface area contributed by atoms with E-state index in [9.17, 15) is 4.79 Å². The van der Waals surface area contributed by atoms with Crippen LogP contribution in [0.1, 0.15) is 19.8 Å². The standard InChI is InChI=1S/C17H20N2O/c1-2-19(14-10-13(11-14)17(18)20)16-9-5-7-12-6-3-4-8-15(12)16/h3-9,13-14H,2,10-11H2,1H3,(H2,18,20). The second-order valence-corrected chi connectivity index (χ2v) is 5.51. The van der Waals surface area contributed by atoms with E-state index < -0.39 is 0 Å². The minimum atomic E-state index is -0.157. The number of anilines is 1. The summed E-state index contributed by atoms with van der Waals surface area (Å²) in [6, 6.07) is 15.3. The van der Waals surface area contributed by atoms with Gasteiger partial charge in [0, 0.05) is 29.6 Å².